The van der Waals surface area contributed by atoms with Gasteiger partial charge in [0, 0.05) is 29.0 Å². The number of aryl methyl sites for hydroxylation is 1. The number of rotatable bonds is 7. The Hall–Kier alpha value is -1.67. The van der Waals surface area contributed by atoms with Crippen LogP contribution in [0.4, 0.5) is 0 Å². The van der Waals surface area contributed by atoms with Crippen molar-refractivity contribution >= 4 is 21.5 Å². The van der Waals surface area contributed by atoms with Gasteiger partial charge in [-0.05, 0) is 46.2 Å². The third kappa shape index (κ3) is 4.35. The van der Waals surface area contributed by atoms with Crippen LogP contribution in [0.2, 0.25) is 0 Å². The molecule has 26 heavy (non-hydrogen) atoms. The average molecular weight is 381 g/mol. The van der Waals surface area contributed by atoms with Crippen molar-refractivity contribution < 1.29 is 18.0 Å². The minimum atomic E-state index is -2.98. The van der Waals surface area contributed by atoms with Crippen molar-refractivity contribution in [3.8, 4) is 0 Å². The van der Waals surface area contributed by atoms with Gasteiger partial charge in [0.25, 0.3) is 0 Å². The second kappa shape index (κ2) is 7.15. The number of ketones is 1. The van der Waals surface area contributed by atoms with Crippen molar-refractivity contribution in [2.45, 2.75) is 45.2 Å². The molecule has 7 nitrogen and oxygen atoms in total. The number of hydrogen-bond donors (Lipinski definition) is 1. The normalized spacial score (nSPS) is 21.9. The Morgan fingerprint density at radius 3 is 2.50 bits per heavy atom. The fourth-order valence-electron chi connectivity index (χ4n) is 3.73. The Morgan fingerprint density at radius 2 is 1.92 bits per heavy atom. The Bertz CT molecular complexity index is 824. The standard InChI is InChI=1S/C18H27N3O4S/c1-12-8-16(13(2)21(12)15-6-7-26(24,25)11-15)17(22)9-20(3)10-18(23)19-14-4-5-14/h8,14-15H,4-7,9-11H2,1-3H3,(H,19,23)/t15-/m1/s1. The molecule has 1 aromatic heterocycles. The van der Waals surface area contributed by atoms with Crippen LogP contribution in [0.1, 0.15) is 47.1 Å². The second-order valence-electron chi connectivity index (χ2n) is 7.65. The van der Waals surface area contributed by atoms with Gasteiger partial charge in [-0.1, -0.05) is 0 Å². The highest BCUT2D eigenvalue weighted by atomic mass is 32.2. The molecule has 1 amide bonds. The molecule has 2 heterocycles. The van der Waals surface area contributed by atoms with Crippen LogP contribution in [-0.2, 0) is 14.6 Å². The molecule has 2 aliphatic rings. The second-order valence-corrected chi connectivity index (χ2v) is 9.88. The average Bonchev–Trinajstić information content (AvgIpc) is 3.18. The van der Waals surface area contributed by atoms with E-state index in [4.69, 9.17) is 0 Å². The molecule has 1 aliphatic carbocycles. The zero-order valence-corrected chi connectivity index (χ0v) is 16.4. The zero-order chi connectivity index (χ0) is 19.1. The molecule has 1 aromatic rings. The Labute approximate surface area is 154 Å². The van der Waals surface area contributed by atoms with Gasteiger partial charge in [0.05, 0.1) is 24.6 Å². The number of carbonyl (C=O) groups excluding carboxylic acids is 2. The third-order valence-corrected chi connectivity index (χ3v) is 6.88. The monoisotopic (exact) mass is 381 g/mol. The highest BCUT2D eigenvalue weighted by Crippen LogP contribution is 2.29. The van der Waals surface area contributed by atoms with E-state index >= 15 is 0 Å². The third-order valence-electron chi connectivity index (χ3n) is 5.13. The largest absolute Gasteiger partial charge is 0.352 e. The van der Waals surface area contributed by atoms with Crippen LogP contribution in [0.3, 0.4) is 0 Å². The summed E-state index contributed by atoms with van der Waals surface area (Å²) >= 11 is 0. The fraction of sp³-hybridized carbons (Fsp3) is 0.667. The Balaban J connectivity index is 1.66. The summed E-state index contributed by atoms with van der Waals surface area (Å²) in [6, 6.07) is 2.05. The molecule has 1 atom stereocenters. The fourth-order valence-corrected chi connectivity index (χ4v) is 5.43. The van der Waals surface area contributed by atoms with E-state index < -0.39 is 9.84 Å². The van der Waals surface area contributed by atoms with Gasteiger partial charge >= 0.3 is 0 Å². The molecule has 1 aliphatic heterocycles. The van der Waals surface area contributed by atoms with Gasteiger partial charge in [0.15, 0.2) is 15.6 Å². The van der Waals surface area contributed by atoms with E-state index in [0.29, 0.717) is 18.0 Å². The maximum Gasteiger partial charge on any atom is 0.234 e. The van der Waals surface area contributed by atoms with Gasteiger partial charge < -0.3 is 9.88 Å². The molecular weight excluding hydrogens is 354 g/mol. The number of aromatic nitrogens is 1. The number of carbonyl (C=O) groups is 2. The van der Waals surface area contributed by atoms with E-state index in [-0.39, 0.29) is 42.3 Å². The molecule has 3 rings (SSSR count). The van der Waals surface area contributed by atoms with Crippen LogP contribution >= 0.6 is 0 Å². The molecule has 0 unspecified atom stereocenters. The highest BCUT2D eigenvalue weighted by molar-refractivity contribution is 7.91. The number of Topliss-reactive ketones (excluding diaryl/α,β-unsaturated/α-hetero) is 1. The molecule has 1 saturated heterocycles. The molecule has 1 N–H and O–H groups in total. The lowest BCUT2D eigenvalue weighted by Gasteiger charge is -2.17. The van der Waals surface area contributed by atoms with E-state index in [1.807, 2.05) is 24.5 Å². The van der Waals surface area contributed by atoms with Crippen LogP contribution in [0.25, 0.3) is 0 Å². The van der Waals surface area contributed by atoms with Crippen molar-refractivity contribution in [1.29, 1.82) is 0 Å². The van der Waals surface area contributed by atoms with Crippen molar-refractivity contribution in [3.63, 3.8) is 0 Å². The summed E-state index contributed by atoms with van der Waals surface area (Å²) in [6.45, 7) is 4.12. The van der Waals surface area contributed by atoms with Crippen LogP contribution in [-0.4, -0.2) is 67.3 Å². The summed E-state index contributed by atoms with van der Waals surface area (Å²) in [5.74, 6) is 0.242. The number of nitrogens with zero attached hydrogens (tertiary/aromatic N) is 2. The Kier molecular flexibility index (Phi) is 5.25. The topological polar surface area (TPSA) is 88.5 Å². The molecule has 8 heteroatoms. The van der Waals surface area contributed by atoms with Crippen LogP contribution in [0, 0.1) is 13.8 Å². The molecule has 0 radical (unpaired) electrons. The lowest BCUT2D eigenvalue weighted by atomic mass is 10.1. The summed E-state index contributed by atoms with van der Waals surface area (Å²) < 4.78 is 25.5. The maximum absolute atomic E-state index is 12.7. The summed E-state index contributed by atoms with van der Waals surface area (Å²) in [5.41, 5.74) is 2.33. The summed E-state index contributed by atoms with van der Waals surface area (Å²) in [4.78, 5) is 26.3. The lowest BCUT2D eigenvalue weighted by Crippen LogP contribution is -2.38. The Morgan fingerprint density at radius 1 is 1.23 bits per heavy atom. The number of hydrogen-bond acceptors (Lipinski definition) is 5. The lowest BCUT2D eigenvalue weighted by molar-refractivity contribution is -0.121. The molecule has 1 saturated carbocycles. The zero-order valence-electron chi connectivity index (χ0n) is 15.6. The van der Waals surface area contributed by atoms with Gasteiger partial charge in [0.1, 0.15) is 0 Å². The predicted octanol–water partition coefficient (Wildman–Crippen LogP) is 0.858. The molecule has 0 spiro atoms. The minimum absolute atomic E-state index is 0.0491. The van der Waals surface area contributed by atoms with Gasteiger partial charge in [-0.3, -0.25) is 14.5 Å². The summed E-state index contributed by atoms with van der Waals surface area (Å²) in [7, 11) is -1.23. The van der Waals surface area contributed by atoms with Crippen LogP contribution in [0.15, 0.2) is 6.07 Å². The van der Waals surface area contributed by atoms with Crippen LogP contribution in [0.5, 0.6) is 0 Å². The SMILES string of the molecule is Cc1cc(C(=O)CN(C)CC(=O)NC2CC2)c(C)n1[C@@H]1CCS(=O)(=O)C1. The van der Waals surface area contributed by atoms with Crippen molar-refractivity contribution in [1.82, 2.24) is 14.8 Å². The first kappa shape index (κ1) is 19.1. The van der Waals surface area contributed by atoms with E-state index in [2.05, 4.69) is 5.32 Å². The van der Waals surface area contributed by atoms with Crippen molar-refractivity contribution in [2.75, 3.05) is 31.6 Å². The molecule has 144 valence electrons. The van der Waals surface area contributed by atoms with Crippen molar-refractivity contribution in [3.05, 3.63) is 23.0 Å². The molecule has 0 aromatic carbocycles. The highest BCUT2D eigenvalue weighted by Gasteiger charge is 2.32. The van der Waals surface area contributed by atoms with E-state index in [0.717, 1.165) is 24.2 Å². The minimum Gasteiger partial charge on any atom is -0.352 e. The van der Waals surface area contributed by atoms with E-state index in [9.17, 15) is 18.0 Å². The van der Waals surface area contributed by atoms with Gasteiger partial charge in [-0.2, -0.15) is 0 Å². The molecule has 0 bridgehead atoms. The van der Waals surface area contributed by atoms with Gasteiger partial charge in [-0.15, -0.1) is 0 Å². The molecule has 2 fully saturated rings. The predicted molar refractivity (Wildman–Crippen MR) is 99.2 cm³/mol. The summed E-state index contributed by atoms with van der Waals surface area (Å²) in [6.07, 6.45) is 2.67. The first-order valence-corrected chi connectivity index (χ1v) is 10.9. The van der Waals surface area contributed by atoms with Gasteiger partial charge in [-0.25, -0.2) is 8.42 Å². The summed E-state index contributed by atoms with van der Waals surface area (Å²) in [5, 5.41) is 2.91. The number of sulfone groups is 1. The van der Waals surface area contributed by atoms with Crippen LogP contribution < -0.4 is 5.32 Å². The van der Waals surface area contributed by atoms with Crippen molar-refractivity contribution in [2.24, 2.45) is 0 Å². The first-order chi connectivity index (χ1) is 12.2. The van der Waals surface area contributed by atoms with Gasteiger partial charge in [0.2, 0.25) is 5.91 Å². The van der Waals surface area contributed by atoms with E-state index in [1.54, 1.807) is 11.9 Å². The number of amides is 1. The number of nitrogens with one attached hydrogen (secondary N) is 1. The smallest absolute Gasteiger partial charge is 0.234 e. The van der Waals surface area contributed by atoms with E-state index in [1.165, 1.54) is 0 Å². The maximum atomic E-state index is 12.7. The quantitative estimate of drug-likeness (QED) is 0.708. The molecular formula is C18H27N3O4S. The number of likely N-dealkylation sites (N-methyl/N-ethyl adjacent to an activating group) is 1. The first-order valence-electron chi connectivity index (χ1n) is 9.06.